The topological polar surface area (TPSA) is 263 Å². The van der Waals surface area contributed by atoms with Gasteiger partial charge >= 0.3 is 35.8 Å². The van der Waals surface area contributed by atoms with Crippen LogP contribution in [0.15, 0.2) is 0 Å². The van der Waals surface area contributed by atoms with Crippen molar-refractivity contribution in [1.82, 2.24) is 29.4 Å². The Balaban J connectivity index is 0.000000921. The van der Waals surface area contributed by atoms with Gasteiger partial charge in [-0.2, -0.15) is 0 Å². The molecule has 92 heavy (non-hydrogen) atoms. The van der Waals surface area contributed by atoms with Crippen molar-refractivity contribution in [2.24, 2.45) is 71.0 Å². The molecule has 15 atom stereocenters. The van der Waals surface area contributed by atoms with Gasteiger partial charge in [0.15, 0.2) is 30.5 Å². The monoisotopic (exact) mass is 1310 g/mol. The van der Waals surface area contributed by atoms with Crippen LogP contribution in [0.2, 0.25) is 0 Å². The smallest absolute Gasteiger partial charge is 0.329 e. The molecule has 2 rings (SSSR count). The largest absolute Gasteiger partial charge is 0.459 e. The molecule has 9 unspecified atom stereocenters. The van der Waals surface area contributed by atoms with Crippen molar-refractivity contribution in [2.45, 2.75) is 258 Å². The van der Waals surface area contributed by atoms with E-state index in [9.17, 15) is 52.7 Å². The van der Waals surface area contributed by atoms with Crippen LogP contribution in [-0.2, 0) is 81.2 Å². The van der Waals surface area contributed by atoms with E-state index in [4.69, 9.17) is 28.4 Å². The first-order valence-electron chi connectivity index (χ1n) is 33.6. The lowest BCUT2D eigenvalue weighted by Crippen LogP contribution is -2.57. The molecule has 0 aliphatic carbocycles. The summed E-state index contributed by atoms with van der Waals surface area (Å²) in [6, 6.07) is -6.04. The SMILES string of the molecule is CC(C)C1OC(=O)C(C(C)C)N(C)C(=O)[C@@H](C(C)C)OC(=O)C(C(C)C)N(C)C(=O)[C@@H](C(C)C)OC(=O)C(C(C)C)N(C)C1=O.CCC(C)C1C(=O)O[C@H](C(C)C)C(=O)N(C)C([C@H](C)CC)C(=O)O[C@H](C(C)C)CN(C)C([C@H](C)CC)C(=O)OC(C(C)C)C(=O)N1C. The molecule has 23 nitrogen and oxygen atoms in total. The van der Waals surface area contributed by atoms with E-state index in [1.807, 2.05) is 60.3 Å². The molecule has 5 amide bonds. The maximum absolute atomic E-state index is 14.1. The average molecular weight is 1310 g/mol. The average Bonchev–Trinajstić information content (AvgIpc) is 0.856. The summed E-state index contributed by atoms with van der Waals surface area (Å²) in [5, 5.41) is 0. The molecule has 2 aliphatic rings. The maximum Gasteiger partial charge on any atom is 0.329 e. The molecule has 2 saturated heterocycles. The van der Waals surface area contributed by atoms with Crippen molar-refractivity contribution < 1.29 is 81.2 Å². The van der Waals surface area contributed by atoms with Crippen LogP contribution in [-0.4, -0.2) is 216 Å². The summed E-state index contributed by atoms with van der Waals surface area (Å²) in [7, 11) is 9.15. The Morgan fingerprint density at radius 1 is 0.272 bits per heavy atom. The fourth-order valence-corrected chi connectivity index (χ4v) is 11.7. The molecular weight excluding hydrogens is 1180 g/mol. The zero-order valence-corrected chi connectivity index (χ0v) is 61.8. The third-order valence-corrected chi connectivity index (χ3v) is 18.1. The lowest BCUT2D eigenvalue weighted by Gasteiger charge is -2.39. The van der Waals surface area contributed by atoms with E-state index in [0.29, 0.717) is 19.3 Å². The van der Waals surface area contributed by atoms with Gasteiger partial charge in [-0.15, -0.1) is 0 Å². The van der Waals surface area contributed by atoms with Gasteiger partial charge in [-0.3, -0.25) is 33.7 Å². The van der Waals surface area contributed by atoms with Crippen molar-refractivity contribution >= 4 is 65.4 Å². The quantitative estimate of drug-likeness (QED) is 0.111. The van der Waals surface area contributed by atoms with Gasteiger partial charge in [0.25, 0.3) is 29.5 Å². The highest BCUT2D eigenvalue weighted by Crippen LogP contribution is 2.29. The fraction of sp³-hybridized carbons (Fsp3) is 0.841. The summed E-state index contributed by atoms with van der Waals surface area (Å²) in [5.41, 5.74) is 0. The predicted octanol–water partition coefficient (Wildman–Crippen LogP) is 7.95. The van der Waals surface area contributed by atoms with Crippen molar-refractivity contribution in [3.63, 3.8) is 0 Å². The normalized spacial score (nSPS) is 28.2. The first-order valence-corrected chi connectivity index (χ1v) is 33.6. The van der Waals surface area contributed by atoms with E-state index < -0.39 is 186 Å². The van der Waals surface area contributed by atoms with Gasteiger partial charge in [-0.05, 0) is 78.1 Å². The Hall–Kier alpha value is -5.87. The Morgan fingerprint density at radius 3 is 0.652 bits per heavy atom. The molecule has 0 saturated carbocycles. The molecule has 530 valence electrons. The molecule has 0 aromatic rings. The van der Waals surface area contributed by atoms with Gasteiger partial charge in [0, 0.05) is 41.8 Å². The number of hydrogen-bond acceptors (Lipinski definition) is 18. The minimum atomic E-state index is -1.28. The maximum atomic E-state index is 14.1. The Kier molecular flexibility index (Phi) is 34.1. The van der Waals surface area contributed by atoms with E-state index in [-0.39, 0.29) is 30.2 Å². The van der Waals surface area contributed by atoms with Crippen LogP contribution >= 0.6 is 0 Å². The highest BCUT2D eigenvalue weighted by molar-refractivity contribution is 5.95. The first-order chi connectivity index (χ1) is 42.3. The van der Waals surface area contributed by atoms with Crippen molar-refractivity contribution in [1.29, 1.82) is 0 Å². The third kappa shape index (κ3) is 21.6. The minimum absolute atomic E-state index is 0.111. The molecule has 2 aliphatic heterocycles. The lowest BCUT2D eigenvalue weighted by molar-refractivity contribution is -0.181. The molecule has 0 bridgehead atoms. The molecule has 0 aromatic carbocycles. The first kappa shape index (κ1) is 84.1. The van der Waals surface area contributed by atoms with Crippen molar-refractivity contribution in [2.75, 3.05) is 48.8 Å². The predicted molar refractivity (Wildman–Crippen MR) is 350 cm³/mol. The number of ether oxygens (including phenoxy) is 6. The van der Waals surface area contributed by atoms with Crippen LogP contribution in [0.5, 0.6) is 0 Å². The number of carbonyl (C=O) groups is 11. The van der Waals surface area contributed by atoms with E-state index >= 15 is 0 Å². The number of cyclic esters (lactones) is 6. The number of esters is 6. The van der Waals surface area contributed by atoms with E-state index in [0.717, 1.165) is 0 Å². The Morgan fingerprint density at radius 2 is 0.457 bits per heavy atom. The summed E-state index contributed by atoms with van der Waals surface area (Å²) in [6.07, 6.45) is -5.00. The highest BCUT2D eigenvalue weighted by atomic mass is 16.6. The number of nitrogens with zero attached hydrogens (tertiary/aromatic N) is 6. The van der Waals surface area contributed by atoms with Crippen LogP contribution in [0.3, 0.4) is 0 Å². The standard InChI is InChI=1S/C36H65N3O8.C33H57N3O9/c1-16-23(10)27-34(42)46-30(21(6)7)32(40)39(15)29(25(12)18-3)36(44)47-31(22(8)9)33(41)38(14)28(24(11)17-2)35(43)45-26(20(4)5)19-37(27)13;1-16(2)22-31(40)43-26(20(9)10)29(38)35(14)24(18(5)6)33(42)45-27(21(11)12)30(39)36(15)23(17(3)4)32(41)44-25(19(7)8)28(37)34(22)13/h20-31H,16-19H2,1-15H3;16-27H,1-15H3/t23-,24-,25?,26+,27?,28?,29?,30?,31-;22?,23?,24?,25-,26-,27?/m11/s1. The number of carbonyl (C=O) groups excluding carboxylic acids is 11. The van der Waals surface area contributed by atoms with Gasteiger partial charge in [-0.25, -0.2) is 24.0 Å². The molecule has 2 heterocycles. The van der Waals surface area contributed by atoms with Gasteiger partial charge in [-0.1, -0.05) is 185 Å². The van der Waals surface area contributed by atoms with Crippen LogP contribution in [0.1, 0.15) is 185 Å². The van der Waals surface area contributed by atoms with Crippen molar-refractivity contribution in [3.8, 4) is 0 Å². The summed E-state index contributed by atoms with van der Waals surface area (Å²) in [5.74, 6) is -11.5. The Bertz CT molecular complexity index is 2340. The third-order valence-electron chi connectivity index (χ3n) is 18.1. The van der Waals surface area contributed by atoms with Gasteiger partial charge in [0.1, 0.15) is 42.4 Å². The fourth-order valence-electron chi connectivity index (χ4n) is 11.7. The second kappa shape index (κ2) is 37.3. The van der Waals surface area contributed by atoms with Gasteiger partial charge in [0.2, 0.25) is 0 Å². The zero-order valence-electron chi connectivity index (χ0n) is 61.8. The van der Waals surface area contributed by atoms with E-state index in [2.05, 4.69) is 0 Å². The summed E-state index contributed by atoms with van der Waals surface area (Å²) in [4.78, 5) is 161. The molecule has 0 N–H and O–H groups in total. The van der Waals surface area contributed by atoms with Gasteiger partial charge in [0.05, 0.1) is 0 Å². The zero-order chi connectivity index (χ0) is 71.7. The Labute approximate surface area is 552 Å². The number of likely N-dealkylation sites (N-methyl/N-ethyl adjacent to an activating group) is 6. The lowest BCUT2D eigenvalue weighted by atomic mass is 9.94. The second-order valence-electron chi connectivity index (χ2n) is 29.0. The second-order valence-corrected chi connectivity index (χ2v) is 29.0. The molecule has 0 aromatic heterocycles. The van der Waals surface area contributed by atoms with Crippen LogP contribution in [0.4, 0.5) is 0 Å². The molecule has 0 radical (unpaired) electrons. The number of amides is 5. The molecule has 2 fully saturated rings. The summed E-state index contributed by atoms with van der Waals surface area (Å²) < 4.78 is 35.6. The van der Waals surface area contributed by atoms with Gasteiger partial charge < -0.3 is 52.9 Å². The van der Waals surface area contributed by atoms with Crippen LogP contribution < -0.4 is 0 Å². The molecule has 23 heteroatoms. The summed E-state index contributed by atoms with van der Waals surface area (Å²) in [6.45, 7) is 43.4. The highest BCUT2D eigenvalue weighted by Gasteiger charge is 2.48. The van der Waals surface area contributed by atoms with Crippen LogP contribution in [0.25, 0.3) is 0 Å². The van der Waals surface area contributed by atoms with Crippen LogP contribution in [0, 0.1) is 71.0 Å². The van der Waals surface area contributed by atoms with Crippen molar-refractivity contribution in [3.05, 3.63) is 0 Å². The summed E-state index contributed by atoms with van der Waals surface area (Å²) >= 11 is 0. The molecule has 0 spiro atoms. The minimum Gasteiger partial charge on any atom is -0.459 e. The van der Waals surface area contributed by atoms with E-state index in [1.165, 1.54) is 52.7 Å². The number of hydrogen-bond donors (Lipinski definition) is 0. The number of rotatable bonds is 15. The molecular formula is C69H122N6O17. The van der Waals surface area contributed by atoms with E-state index in [1.54, 1.807) is 125 Å².